The smallest absolute Gasteiger partial charge is 0.234 e. The Hall–Kier alpha value is -1.00. The molecule has 1 aromatic carbocycles. The van der Waals surface area contributed by atoms with Gasteiger partial charge in [0.15, 0.2) is 0 Å². The van der Waals surface area contributed by atoms with Crippen molar-refractivity contribution < 1.29 is 4.79 Å². The minimum atomic E-state index is 0.115. The third kappa shape index (κ3) is 6.07. The van der Waals surface area contributed by atoms with Gasteiger partial charge in [-0.05, 0) is 25.6 Å². The van der Waals surface area contributed by atoms with Gasteiger partial charge in [-0.25, -0.2) is 0 Å². The predicted octanol–water partition coefficient (Wildman–Crippen LogP) is 2.24. The summed E-state index contributed by atoms with van der Waals surface area (Å²) in [6, 6.07) is 10.4. The van der Waals surface area contributed by atoms with Crippen LogP contribution in [0.4, 0.5) is 0 Å². The number of nitrogens with one attached hydrogen (secondary N) is 1. The summed E-state index contributed by atoms with van der Waals surface area (Å²) in [7, 11) is 0. The Morgan fingerprint density at radius 1 is 1.28 bits per heavy atom. The van der Waals surface area contributed by atoms with Crippen molar-refractivity contribution in [2.24, 2.45) is 0 Å². The molecule has 3 nitrogen and oxygen atoms in total. The summed E-state index contributed by atoms with van der Waals surface area (Å²) in [5.74, 6) is 1.13. The highest BCUT2D eigenvalue weighted by Gasteiger charge is 2.07. The van der Waals surface area contributed by atoms with Crippen LogP contribution in [0.15, 0.2) is 35.2 Å². The van der Waals surface area contributed by atoms with Crippen molar-refractivity contribution in [1.29, 1.82) is 0 Å². The van der Waals surface area contributed by atoms with E-state index < -0.39 is 0 Å². The fourth-order valence-corrected chi connectivity index (χ4v) is 2.55. The second-order valence-corrected chi connectivity index (χ2v) is 5.15. The summed E-state index contributed by atoms with van der Waals surface area (Å²) in [6.45, 7) is 7.08. The lowest BCUT2D eigenvalue weighted by atomic mass is 10.4. The summed E-state index contributed by atoms with van der Waals surface area (Å²) in [5, 5.41) is 2.83. The minimum absolute atomic E-state index is 0.115. The van der Waals surface area contributed by atoms with Crippen LogP contribution in [0.25, 0.3) is 0 Å². The van der Waals surface area contributed by atoms with Gasteiger partial charge in [0.25, 0.3) is 0 Å². The number of carbonyl (C=O) groups is 1. The zero-order valence-corrected chi connectivity index (χ0v) is 12.0. The van der Waals surface area contributed by atoms with Gasteiger partial charge >= 0.3 is 0 Å². The van der Waals surface area contributed by atoms with E-state index in [1.807, 2.05) is 24.8 Å². The highest BCUT2D eigenvalue weighted by atomic mass is 32.2. The lowest BCUT2D eigenvalue weighted by Crippen LogP contribution is -2.38. The average Bonchev–Trinajstić information content (AvgIpc) is 2.39. The molecule has 0 heterocycles. The van der Waals surface area contributed by atoms with Crippen LogP contribution in [0.5, 0.6) is 0 Å². The van der Waals surface area contributed by atoms with Crippen LogP contribution < -0.4 is 5.32 Å². The van der Waals surface area contributed by atoms with E-state index in [4.69, 9.17) is 0 Å². The lowest BCUT2D eigenvalue weighted by molar-refractivity contribution is -0.122. The van der Waals surface area contributed by atoms with E-state index in [0.717, 1.165) is 18.8 Å². The van der Waals surface area contributed by atoms with Gasteiger partial charge in [-0.2, -0.15) is 0 Å². The van der Waals surface area contributed by atoms with Crippen LogP contribution in [-0.2, 0) is 4.79 Å². The first kappa shape index (κ1) is 15.1. The maximum Gasteiger partial charge on any atom is 0.234 e. The number of hydrogen-bond donors (Lipinski definition) is 1. The first-order valence-electron chi connectivity index (χ1n) is 6.43. The standard InChI is InChI=1S/C14H22N2OS/c1-3-15-14(17)12-16(4-2)10-11-18-13-8-6-5-7-9-13/h5-9H,3-4,10-12H2,1-2H3,(H,15,17). The zero-order valence-electron chi connectivity index (χ0n) is 11.2. The first-order chi connectivity index (χ1) is 8.76. The maximum atomic E-state index is 11.5. The molecule has 0 bridgehead atoms. The molecule has 0 aliphatic heterocycles. The number of carbonyl (C=O) groups excluding carboxylic acids is 1. The minimum Gasteiger partial charge on any atom is -0.355 e. The normalized spacial score (nSPS) is 10.6. The van der Waals surface area contributed by atoms with Crippen molar-refractivity contribution in [3.8, 4) is 0 Å². The molecule has 18 heavy (non-hydrogen) atoms. The Bertz CT molecular complexity index is 343. The number of rotatable bonds is 8. The number of thioether (sulfide) groups is 1. The summed E-state index contributed by atoms with van der Waals surface area (Å²) in [6.07, 6.45) is 0. The molecular weight excluding hydrogens is 244 g/mol. The van der Waals surface area contributed by atoms with E-state index >= 15 is 0 Å². The Balaban J connectivity index is 2.25. The van der Waals surface area contributed by atoms with Crippen molar-refractivity contribution in [3.05, 3.63) is 30.3 Å². The highest BCUT2D eigenvalue weighted by Crippen LogP contribution is 2.16. The first-order valence-corrected chi connectivity index (χ1v) is 7.41. The largest absolute Gasteiger partial charge is 0.355 e. The Morgan fingerprint density at radius 2 is 2.00 bits per heavy atom. The quantitative estimate of drug-likeness (QED) is 0.732. The Kier molecular flexibility index (Phi) is 7.53. The highest BCUT2D eigenvalue weighted by molar-refractivity contribution is 7.99. The molecule has 1 aromatic rings. The molecule has 0 radical (unpaired) electrons. The average molecular weight is 266 g/mol. The van der Waals surface area contributed by atoms with Crippen LogP contribution >= 0.6 is 11.8 Å². The molecule has 0 unspecified atom stereocenters. The van der Waals surface area contributed by atoms with Crippen LogP contribution in [0.2, 0.25) is 0 Å². The van der Waals surface area contributed by atoms with Crippen molar-refractivity contribution >= 4 is 17.7 Å². The predicted molar refractivity (Wildman–Crippen MR) is 78.0 cm³/mol. The van der Waals surface area contributed by atoms with Gasteiger partial charge in [-0.1, -0.05) is 25.1 Å². The third-order valence-corrected chi connectivity index (χ3v) is 3.60. The van der Waals surface area contributed by atoms with Gasteiger partial charge in [0, 0.05) is 23.7 Å². The van der Waals surface area contributed by atoms with Gasteiger partial charge in [-0.15, -0.1) is 11.8 Å². The van der Waals surface area contributed by atoms with Crippen LogP contribution in [0.1, 0.15) is 13.8 Å². The van der Waals surface area contributed by atoms with Crippen molar-refractivity contribution in [1.82, 2.24) is 10.2 Å². The number of hydrogen-bond acceptors (Lipinski definition) is 3. The topological polar surface area (TPSA) is 32.3 Å². The zero-order chi connectivity index (χ0) is 13.2. The van der Waals surface area contributed by atoms with E-state index in [1.54, 1.807) is 0 Å². The monoisotopic (exact) mass is 266 g/mol. The van der Waals surface area contributed by atoms with Gasteiger partial charge < -0.3 is 5.32 Å². The van der Waals surface area contributed by atoms with E-state index in [0.29, 0.717) is 13.1 Å². The number of likely N-dealkylation sites (N-methyl/N-ethyl adjacent to an activating group) is 2. The molecule has 1 amide bonds. The summed E-state index contributed by atoms with van der Waals surface area (Å²) >= 11 is 1.83. The Labute approximate surface area is 114 Å². The second kappa shape index (κ2) is 9.00. The molecule has 0 aliphatic rings. The fourth-order valence-electron chi connectivity index (χ4n) is 1.61. The molecule has 0 spiro atoms. The molecule has 0 aliphatic carbocycles. The molecule has 1 N–H and O–H groups in total. The van der Waals surface area contributed by atoms with E-state index in [2.05, 4.69) is 41.4 Å². The summed E-state index contributed by atoms with van der Waals surface area (Å²) in [4.78, 5) is 14.9. The van der Waals surface area contributed by atoms with Gasteiger partial charge in [0.05, 0.1) is 6.54 Å². The molecule has 1 rings (SSSR count). The molecule has 0 saturated heterocycles. The van der Waals surface area contributed by atoms with Crippen LogP contribution in [-0.4, -0.2) is 42.7 Å². The van der Waals surface area contributed by atoms with E-state index in [1.165, 1.54) is 4.90 Å². The van der Waals surface area contributed by atoms with Crippen molar-refractivity contribution in [2.45, 2.75) is 18.7 Å². The van der Waals surface area contributed by atoms with Gasteiger partial charge in [0.1, 0.15) is 0 Å². The van der Waals surface area contributed by atoms with Crippen LogP contribution in [0.3, 0.4) is 0 Å². The second-order valence-electron chi connectivity index (χ2n) is 3.98. The summed E-state index contributed by atoms with van der Waals surface area (Å²) in [5.41, 5.74) is 0. The molecule has 0 fully saturated rings. The van der Waals surface area contributed by atoms with Crippen molar-refractivity contribution in [3.63, 3.8) is 0 Å². The number of benzene rings is 1. The molecule has 0 saturated carbocycles. The SMILES string of the molecule is CCNC(=O)CN(CC)CCSc1ccccc1. The third-order valence-electron chi connectivity index (χ3n) is 2.61. The number of nitrogens with zero attached hydrogens (tertiary/aromatic N) is 1. The molecule has 0 aromatic heterocycles. The van der Waals surface area contributed by atoms with Gasteiger partial charge in [0.2, 0.25) is 5.91 Å². The molecule has 100 valence electrons. The Morgan fingerprint density at radius 3 is 2.61 bits per heavy atom. The lowest BCUT2D eigenvalue weighted by Gasteiger charge is -2.19. The van der Waals surface area contributed by atoms with Crippen LogP contribution in [0, 0.1) is 0 Å². The maximum absolute atomic E-state index is 11.5. The molecular formula is C14H22N2OS. The van der Waals surface area contributed by atoms with Gasteiger partial charge in [-0.3, -0.25) is 9.69 Å². The van der Waals surface area contributed by atoms with Crippen molar-refractivity contribution in [2.75, 3.05) is 31.9 Å². The molecule has 0 atom stereocenters. The van der Waals surface area contributed by atoms with E-state index in [-0.39, 0.29) is 5.91 Å². The number of amides is 1. The van der Waals surface area contributed by atoms with E-state index in [9.17, 15) is 4.79 Å². The fraction of sp³-hybridized carbons (Fsp3) is 0.500. The molecule has 4 heteroatoms. The summed E-state index contributed by atoms with van der Waals surface area (Å²) < 4.78 is 0.